The van der Waals surface area contributed by atoms with Gasteiger partial charge in [-0.05, 0) is 18.6 Å². The van der Waals surface area contributed by atoms with Gasteiger partial charge in [-0.25, -0.2) is 4.79 Å². The van der Waals surface area contributed by atoms with Crippen molar-refractivity contribution < 1.29 is 24.7 Å². The third-order valence-corrected chi connectivity index (χ3v) is 2.64. The van der Waals surface area contributed by atoms with Crippen LogP contribution in [0.3, 0.4) is 0 Å². The predicted octanol–water partition coefficient (Wildman–Crippen LogP) is 0.432. The van der Waals surface area contributed by atoms with Crippen molar-refractivity contribution in [1.82, 2.24) is 5.32 Å². The van der Waals surface area contributed by atoms with Crippen LogP contribution in [0.4, 0.5) is 5.69 Å². The molecule has 8 nitrogen and oxygen atoms in total. The summed E-state index contributed by atoms with van der Waals surface area (Å²) < 4.78 is 0. The van der Waals surface area contributed by atoms with E-state index < -0.39 is 27.9 Å². The minimum atomic E-state index is -1.55. The van der Waals surface area contributed by atoms with Crippen LogP contribution in [0.25, 0.3) is 0 Å². The summed E-state index contributed by atoms with van der Waals surface area (Å²) in [6.45, 7) is 1.29. The second-order valence-corrected chi connectivity index (χ2v) is 4.16. The van der Waals surface area contributed by atoms with E-state index in [2.05, 4.69) is 5.32 Å². The van der Waals surface area contributed by atoms with E-state index in [1.807, 2.05) is 0 Å². The second-order valence-electron chi connectivity index (χ2n) is 4.16. The lowest BCUT2D eigenvalue weighted by atomic mass is 9.93. The molecule has 0 aliphatic carbocycles. The fourth-order valence-electron chi connectivity index (χ4n) is 1.56. The summed E-state index contributed by atoms with van der Waals surface area (Å²) in [6, 6.07) is 3.51. The Labute approximate surface area is 107 Å². The Kier molecular flexibility index (Phi) is 4.05. The van der Waals surface area contributed by atoms with E-state index in [-0.39, 0.29) is 12.8 Å². The Bertz CT molecular complexity index is 530. The van der Waals surface area contributed by atoms with Crippen molar-refractivity contribution in [3.05, 3.63) is 33.9 Å². The number of amides is 1. The largest absolute Gasteiger partial charge is 0.502 e. The predicted molar refractivity (Wildman–Crippen MR) is 63.7 cm³/mol. The standard InChI is InChI=1S/C11H12N2O6/c1-11(10(16)17,12-6-14)5-7-2-3-8(13(18)19)9(15)4-7/h2-4,6,15H,5H2,1H3,(H,12,14)(H,16,17)/t11-/m1/s1. The van der Waals surface area contributed by atoms with E-state index in [1.165, 1.54) is 13.0 Å². The van der Waals surface area contributed by atoms with Crippen LogP contribution in [0, 0.1) is 10.1 Å². The van der Waals surface area contributed by atoms with Crippen LogP contribution in [-0.4, -0.2) is 33.1 Å². The first-order chi connectivity index (χ1) is 8.80. The van der Waals surface area contributed by atoms with Crippen LogP contribution in [0.2, 0.25) is 0 Å². The quantitative estimate of drug-likeness (QED) is 0.389. The molecule has 0 spiro atoms. The monoisotopic (exact) mass is 268 g/mol. The normalized spacial score (nSPS) is 13.3. The summed E-state index contributed by atoms with van der Waals surface area (Å²) in [4.78, 5) is 31.3. The maximum Gasteiger partial charge on any atom is 0.329 e. The highest BCUT2D eigenvalue weighted by molar-refractivity contribution is 5.81. The van der Waals surface area contributed by atoms with Gasteiger partial charge in [0.25, 0.3) is 0 Å². The van der Waals surface area contributed by atoms with Crippen LogP contribution in [0.15, 0.2) is 18.2 Å². The molecular formula is C11H12N2O6. The van der Waals surface area contributed by atoms with Gasteiger partial charge < -0.3 is 15.5 Å². The highest BCUT2D eigenvalue weighted by Crippen LogP contribution is 2.27. The highest BCUT2D eigenvalue weighted by Gasteiger charge is 2.33. The van der Waals surface area contributed by atoms with Crippen LogP contribution >= 0.6 is 0 Å². The van der Waals surface area contributed by atoms with Crippen LogP contribution in [0.5, 0.6) is 5.75 Å². The Hall–Kier alpha value is -2.64. The number of carbonyl (C=O) groups is 2. The summed E-state index contributed by atoms with van der Waals surface area (Å²) in [6.07, 6.45) is 0.145. The number of hydrogen-bond donors (Lipinski definition) is 3. The lowest BCUT2D eigenvalue weighted by Crippen LogP contribution is -2.50. The molecule has 0 saturated carbocycles. The number of aliphatic carboxylic acids is 1. The van der Waals surface area contributed by atoms with Gasteiger partial charge in [0.2, 0.25) is 6.41 Å². The molecule has 0 heterocycles. The maximum atomic E-state index is 11.1. The molecule has 0 fully saturated rings. The molecule has 1 aromatic carbocycles. The molecule has 3 N–H and O–H groups in total. The van der Waals surface area contributed by atoms with Gasteiger partial charge in [0, 0.05) is 12.5 Å². The highest BCUT2D eigenvalue weighted by atomic mass is 16.6. The van der Waals surface area contributed by atoms with E-state index in [9.17, 15) is 24.8 Å². The van der Waals surface area contributed by atoms with E-state index >= 15 is 0 Å². The number of carboxylic acid groups (broad SMARTS) is 1. The molecule has 0 saturated heterocycles. The lowest BCUT2D eigenvalue weighted by molar-refractivity contribution is -0.385. The molecule has 0 aliphatic rings. The molecule has 0 aliphatic heterocycles. The van der Waals surface area contributed by atoms with Crippen LogP contribution in [-0.2, 0) is 16.0 Å². The third kappa shape index (κ3) is 3.18. The SMILES string of the molecule is C[C@](Cc1ccc([N+](=O)[O-])c(O)c1)(NC=O)C(=O)O. The molecule has 1 rings (SSSR count). The molecule has 1 atom stereocenters. The Morgan fingerprint density at radius 3 is 2.63 bits per heavy atom. The average molecular weight is 268 g/mol. The number of benzene rings is 1. The number of nitrogens with zero attached hydrogens (tertiary/aromatic N) is 1. The first-order valence-electron chi connectivity index (χ1n) is 5.21. The van der Waals surface area contributed by atoms with Crippen molar-refractivity contribution in [2.45, 2.75) is 18.9 Å². The molecule has 1 amide bonds. The van der Waals surface area contributed by atoms with Gasteiger partial charge in [-0.15, -0.1) is 0 Å². The average Bonchev–Trinajstić information content (AvgIpc) is 2.28. The topological polar surface area (TPSA) is 130 Å². The summed E-state index contributed by atoms with van der Waals surface area (Å²) in [5.41, 5.74) is -1.67. The lowest BCUT2D eigenvalue weighted by Gasteiger charge is -2.23. The number of nitro benzene ring substituents is 1. The van der Waals surface area contributed by atoms with E-state index in [4.69, 9.17) is 5.11 Å². The first kappa shape index (κ1) is 14.4. The van der Waals surface area contributed by atoms with Crippen molar-refractivity contribution in [3.63, 3.8) is 0 Å². The first-order valence-corrected chi connectivity index (χ1v) is 5.21. The Balaban J connectivity index is 3.05. The minimum Gasteiger partial charge on any atom is -0.502 e. The number of carbonyl (C=O) groups excluding carboxylic acids is 1. The number of nitrogens with one attached hydrogen (secondary N) is 1. The number of phenolic OH excluding ortho intramolecular Hbond substituents is 1. The molecule has 8 heteroatoms. The number of nitro groups is 1. The number of hydrogen-bond acceptors (Lipinski definition) is 5. The number of aromatic hydroxyl groups is 1. The van der Waals surface area contributed by atoms with Gasteiger partial charge in [-0.3, -0.25) is 14.9 Å². The molecule has 0 bridgehead atoms. The Morgan fingerprint density at radius 1 is 1.58 bits per heavy atom. The summed E-state index contributed by atoms with van der Waals surface area (Å²) in [5, 5.41) is 31.2. The van der Waals surface area contributed by atoms with Crippen molar-refractivity contribution in [2.75, 3.05) is 0 Å². The molecular weight excluding hydrogens is 256 g/mol. The third-order valence-electron chi connectivity index (χ3n) is 2.64. The molecule has 0 radical (unpaired) electrons. The molecule has 102 valence electrons. The second kappa shape index (κ2) is 5.34. The van der Waals surface area contributed by atoms with Crippen LogP contribution < -0.4 is 5.32 Å². The fourth-order valence-corrected chi connectivity index (χ4v) is 1.56. The van der Waals surface area contributed by atoms with E-state index in [1.54, 1.807) is 0 Å². The van der Waals surface area contributed by atoms with Gasteiger partial charge in [-0.1, -0.05) is 6.07 Å². The zero-order valence-corrected chi connectivity index (χ0v) is 9.99. The maximum absolute atomic E-state index is 11.1. The van der Waals surface area contributed by atoms with Crippen molar-refractivity contribution in [2.24, 2.45) is 0 Å². The zero-order valence-electron chi connectivity index (χ0n) is 9.99. The van der Waals surface area contributed by atoms with Gasteiger partial charge in [0.15, 0.2) is 5.75 Å². The Morgan fingerprint density at radius 2 is 2.21 bits per heavy atom. The van der Waals surface area contributed by atoms with Gasteiger partial charge in [0.1, 0.15) is 5.54 Å². The van der Waals surface area contributed by atoms with Crippen molar-refractivity contribution in [3.8, 4) is 5.75 Å². The molecule has 1 aromatic rings. The number of rotatable bonds is 6. The number of phenols is 1. The molecule has 19 heavy (non-hydrogen) atoms. The number of carboxylic acids is 1. The summed E-state index contributed by atoms with van der Waals surface area (Å²) >= 11 is 0. The zero-order chi connectivity index (χ0) is 14.6. The van der Waals surface area contributed by atoms with Crippen molar-refractivity contribution >= 4 is 18.1 Å². The van der Waals surface area contributed by atoms with Crippen LogP contribution in [0.1, 0.15) is 12.5 Å². The van der Waals surface area contributed by atoms with Gasteiger partial charge >= 0.3 is 11.7 Å². The smallest absolute Gasteiger partial charge is 0.329 e. The van der Waals surface area contributed by atoms with Gasteiger partial charge in [-0.2, -0.15) is 0 Å². The molecule has 0 aromatic heterocycles. The molecule has 0 unspecified atom stereocenters. The van der Waals surface area contributed by atoms with Gasteiger partial charge in [0.05, 0.1) is 4.92 Å². The minimum absolute atomic E-state index is 0.118. The van der Waals surface area contributed by atoms with Crippen molar-refractivity contribution in [1.29, 1.82) is 0 Å². The van der Waals surface area contributed by atoms with E-state index in [0.29, 0.717) is 5.56 Å². The summed E-state index contributed by atoms with van der Waals surface area (Å²) in [5.74, 6) is -1.81. The fraction of sp³-hybridized carbons (Fsp3) is 0.273. The summed E-state index contributed by atoms with van der Waals surface area (Å²) in [7, 11) is 0. The van der Waals surface area contributed by atoms with E-state index in [0.717, 1.165) is 12.1 Å².